The first-order chi connectivity index (χ1) is 20.6. The van der Waals surface area contributed by atoms with Crippen LogP contribution in [0.25, 0.3) is 11.1 Å². The van der Waals surface area contributed by atoms with Crippen molar-refractivity contribution in [1.82, 2.24) is 15.3 Å². The lowest BCUT2D eigenvalue weighted by Crippen LogP contribution is -2.53. The zero-order chi connectivity index (χ0) is 32.4. The van der Waals surface area contributed by atoms with Gasteiger partial charge < -0.3 is 24.4 Å². The minimum Gasteiger partial charge on any atom is -0.462 e. The fraction of sp³-hybridized carbons (Fsp3) is 0.379. The highest BCUT2D eigenvalue weighted by molar-refractivity contribution is 7.52. The number of alkyl halides is 1. The van der Waals surface area contributed by atoms with E-state index in [1.807, 2.05) is 0 Å². The van der Waals surface area contributed by atoms with Gasteiger partial charge in [-0.2, -0.15) is 5.09 Å². The summed E-state index contributed by atoms with van der Waals surface area (Å²) >= 11 is 5.84. The Bertz CT molecular complexity index is 1490. The molecule has 0 radical (unpaired) electrons. The molecule has 15 heteroatoms. The smallest absolute Gasteiger partial charge is 0.459 e. The molecule has 6 atom stereocenters. The number of hydrogen-bond donors (Lipinski definition) is 3. The van der Waals surface area contributed by atoms with Crippen LogP contribution in [0.4, 0.5) is 13.6 Å². The zero-order valence-corrected chi connectivity index (χ0v) is 26.0. The summed E-state index contributed by atoms with van der Waals surface area (Å²) < 4.78 is 66.1. The SMILES string of the molecule is C=C1C=CN([C@@H]2O[C@H](COP(=O)(N[C@@H](C)C(=O)OC(C)C)Oc3ccc(-c4ccc(Cl)cc4F)cc3)[C@@H](O)[C@@]2(C)F)C(=O)N1. The van der Waals surface area contributed by atoms with Gasteiger partial charge in [-0.15, -0.1) is 0 Å². The lowest BCUT2D eigenvalue weighted by molar-refractivity contribution is -0.149. The van der Waals surface area contributed by atoms with E-state index in [-0.39, 0.29) is 22.0 Å². The van der Waals surface area contributed by atoms with Crippen LogP contribution in [0.2, 0.25) is 5.02 Å². The lowest BCUT2D eigenvalue weighted by Gasteiger charge is -2.33. The molecule has 0 aliphatic carbocycles. The van der Waals surface area contributed by atoms with E-state index in [9.17, 15) is 23.7 Å². The molecule has 2 aromatic carbocycles. The number of carbonyl (C=O) groups excluding carboxylic acids is 2. The quantitative estimate of drug-likeness (QED) is 0.213. The van der Waals surface area contributed by atoms with E-state index in [0.717, 1.165) is 11.8 Å². The van der Waals surface area contributed by atoms with Gasteiger partial charge in [0.05, 0.1) is 12.7 Å². The van der Waals surface area contributed by atoms with Crippen LogP contribution in [0.5, 0.6) is 5.75 Å². The van der Waals surface area contributed by atoms with Crippen LogP contribution in [0.3, 0.4) is 0 Å². The second-order valence-electron chi connectivity index (χ2n) is 10.7. The molecule has 0 saturated carbocycles. The molecule has 2 aliphatic heterocycles. The van der Waals surface area contributed by atoms with Gasteiger partial charge in [0.2, 0.25) is 0 Å². The summed E-state index contributed by atoms with van der Waals surface area (Å²) in [6, 6.07) is 8.13. The normalized spacial score (nSPS) is 25.5. The standard InChI is InChI=1S/C29H33ClF2N3O8P/c1-16(2)41-26(37)18(4)34-44(39,43-21-9-6-19(7-10-21)22-11-8-20(30)14-23(22)31)40-15-24-25(36)29(5,32)27(42-24)35-13-12-17(3)33-28(35)38/h6-14,16,18,24-25,27,36H,3,15H2,1-2,4-5H3,(H,33,38)(H,34,39)/t18-,24+,25+,27+,29+,44?/m0/s1. The number of esters is 1. The van der Waals surface area contributed by atoms with E-state index in [1.54, 1.807) is 13.8 Å². The highest BCUT2D eigenvalue weighted by atomic mass is 35.5. The number of ether oxygens (including phenoxy) is 2. The van der Waals surface area contributed by atoms with E-state index in [4.69, 9.17) is 30.1 Å². The molecule has 1 unspecified atom stereocenters. The fourth-order valence-electron chi connectivity index (χ4n) is 4.46. The number of benzene rings is 2. The number of hydrogen-bond acceptors (Lipinski definition) is 8. The molecule has 0 aromatic heterocycles. The predicted octanol–water partition coefficient (Wildman–Crippen LogP) is 5.45. The van der Waals surface area contributed by atoms with Gasteiger partial charge in [0.1, 0.15) is 29.8 Å². The zero-order valence-electron chi connectivity index (χ0n) is 24.3. The minimum atomic E-state index is -4.47. The lowest BCUT2D eigenvalue weighted by atomic mass is 9.98. The third-order valence-electron chi connectivity index (χ3n) is 6.70. The Labute approximate surface area is 258 Å². The predicted molar refractivity (Wildman–Crippen MR) is 158 cm³/mol. The van der Waals surface area contributed by atoms with Crippen LogP contribution in [0.15, 0.2) is 67.0 Å². The molecule has 2 heterocycles. The van der Waals surface area contributed by atoms with Crippen molar-refractivity contribution in [2.75, 3.05) is 6.61 Å². The van der Waals surface area contributed by atoms with Crippen LogP contribution < -0.4 is 14.9 Å². The fourth-order valence-corrected chi connectivity index (χ4v) is 6.12. The Kier molecular flexibility index (Phi) is 10.2. The number of urea groups is 1. The molecular formula is C29H33ClF2N3O8P. The van der Waals surface area contributed by atoms with Gasteiger partial charge >= 0.3 is 19.7 Å². The maximum Gasteiger partial charge on any atom is 0.459 e. The maximum absolute atomic E-state index is 15.7. The summed E-state index contributed by atoms with van der Waals surface area (Å²) in [5.74, 6) is -1.28. The Morgan fingerprint density at radius 1 is 1.27 bits per heavy atom. The van der Waals surface area contributed by atoms with Crippen molar-refractivity contribution in [3.63, 3.8) is 0 Å². The number of halogens is 3. The Balaban J connectivity index is 1.54. The summed E-state index contributed by atoms with van der Waals surface area (Å²) in [4.78, 5) is 25.8. The Morgan fingerprint density at radius 3 is 2.57 bits per heavy atom. The van der Waals surface area contributed by atoms with Crippen molar-refractivity contribution in [2.24, 2.45) is 0 Å². The largest absolute Gasteiger partial charge is 0.462 e. The van der Waals surface area contributed by atoms with Gasteiger partial charge in [-0.3, -0.25) is 14.2 Å². The molecule has 44 heavy (non-hydrogen) atoms. The Morgan fingerprint density at radius 2 is 1.95 bits per heavy atom. The van der Waals surface area contributed by atoms with Crippen molar-refractivity contribution < 1.29 is 46.6 Å². The van der Waals surface area contributed by atoms with E-state index in [0.29, 0.717) is 5.56 Å². The molecule has 4 rings (SSSR count). The number of carbonyl (C=O) groups is 2. The molecule has 2 aromatic rings. The molecule has 238 valence electrons. The molecule has 0 bridgehead atoms. The van der Waals surface area contributed by atoms with Crippen molar-refractivity contribution in [2.45, 2.75) is 63.9 Å². The third-order valence-corrected chi connectivity index (χ3v) is 8.57. The van der Waals surface area contributed by atoms with Gasteiger partial charge in [-0.25, -0.2) is 18.1 Å². The molecule has 11 nitrogen and oxygen atoms in total. The molecule has 0 spiro atoms. The second kappa shape index (κ2) is 13.4. The summed E-state index contributed by atoms with van der Waals surface area (Å²) in [7, 11) is -4.47. The topological polar surface area (TPSA) is 136 Å². The molecule has 3 N–H and O–H groups in total. The third kappa shape index (κ3) is 7.66. The summed E-state index contributed by atoms with van der Waals surface area (Å²) in [5, 5.41) is 15.9. The monoisotopic (exact) mass is 655 g/mol. The molecule has 2 amide bonds. The van der Waals surface area contributed by atoms with Crippen molar-refractivity contribution in [1.29, 1.82) is 0 Å². The van der Waals surface area contributed by atoms with Crippen molar-refractivity contribution >= 4 is 31.3 Å². The van der Waals surface area contributed by atoms with Crippen molar-refractivity contribution in [3.8, 4) is 16.9 Å². The molecule has 1 saturated heterocycles. The van der Waals surface area contributed by atoms with E-state index in [2.05, 4.69) is 17.0 Å². The number of aliphatic hydroxyl groups is 1. The first-order valence-corrected chi connectivity index (χ1v) is 15.5. The van der Waals surface area contributed by atoms with Gasteiger partial charge in [0.15, 0.2) is 11.9 Å². The maximum atomic E-state index is 15.7. The first-order valence-electron chi connectivity index (χ1n) is 13.6. The summed E-state index contributed by atoms with van der Waals surface area (Å²) in [6.45, 7) is 8.64. The van der Waals surface area contributed by atoms with E-state index < -0.39 is 68.4 Å². The first kappa shape index (κ1) is 33.6. The van der Waals surface area contributed by atoms with Gasteiger partial charge in [-0.1, -0.05) is 30.3 Å². The number of rotatable bonds is 11. The van der Waals surface area contributed by atoms with Crippen LogP contribution in [-0.2, 0) is 23.4 Å². The summed E-state index contributed by atoms with van der Waals surface area (Å²) in [5.41, 5.74) is -1.44. The van der Waals surface area contributed by atoms with E-state index in [1.165, 1.54) is 61.7 Å². The number of nitrogens with zero attached hydrogens (tertiary/aromatic N) is 1. The average molecular weight is 656 g/mol. The molecule has 2 aliphatic rings. The number of aliphatic hydroxyl groups excluding tert-OH is 1. The van der Waals surface area contributed by atoms with Crippen LogP contribution >= 0.6 is 19.3 Å². The van der Waals surface area contributed by atoms with Crippen molar-refractivity contribution in [3.05, 3.63) is 77.9 Å². The number of allylic oxidation sites excluding steroid dienone is 1. The minimum absolute atomic E-state index is 0.0137. The number of amides is 2. The highest BCUT2D eigenvalue weighted by Crippen LogP contribution is 2.47. The van der Waals surface area contributed by atoms with E-state index >= 15 is 4.39 Å². The van der Waals surface area contributed by atoms with Crippen LogP contribution in [0, 0.1) is 5.82 Å². The Hall–Kier alpha value is -3.32. The van der Waals surface area contributed by atoms with Crippen LogP contribution in [-0.4, -0.2) is 64.9 Å². The average Bonchev–Trinajstić information content (AvgIpc) is 3.15. The number of nitrogens with one attached hydrogen (secondary N) is 2. The highest BCUT2D eigenvalue weighted by Gasteiger charge is 2.57. The molecular weight excluding hydrogens is 623 g/mol. The van der Waals surface area contributed by atoms with Gasteiger partial charge in [-0.05, 0) is 69.7 Å². The molecule has 1 fully saturated rings. The van der Waals surface area contributed by atoms with Gasteiger partial charge in [0, 0.05) is 22.5 Å². The second-order valence-corrected chi connectivity index (χ2v) is 12.8. The van der Waals surface area contributed by atoms with Crippen LogP contribution in [0.1, 0.15) is 27.7 Å². The van der Waals surface area contributed by atoms with Gasteiger partial charge in [0.25, 0.3) is 0 Å². The summed E-state index contributed by atoms with van der Waals surface area (Å²) in [6.07, 6.45) is -2.57.